The molecule has 0 aliphatic rings. The van der Waals surface area contributed by atoms with Crippen LogP contribution >= 0.6 is 63.7 Å². The Morgan fingerprint density at radius 2 is 1.29 bits per heavy atom. The molecule has 46 valence electrons. The second kappa shape index (κ2) is 10.8. The number of halogens is 4. The van der Waals surface area contributed by atoms with Crippen molar-refractivity contribution >= 4 is 63.7 Å². The van der Waals surface area contributed by atoms with E-state index in [0.717, 1.165) is 4.24 Å². The van der Waals surface area contributed by atoms with Crippen LogP contribution in [0.25, 0.3) is 0 Å². The molecule has 0 heterocycles. The topological polar surface area (TPSA) is 0 Å². The minimum Gasteiger partial charge on any atom is -0.0802 e. The summed E-state index contributed by atoms with van der Waals surface area (Å²) in [5.74, 6) is 0. The lowest BCUT2D eigenvalue weighted by Gasteiger charge is -1.73. The molecule has 0 bridgehead atoms. The van der Waals surface area contributed by atoms with E-state index in [1.54, 1.807) is 0 Å². The lowest BCUT2D eigenvalue weighted by molar-refractivity contribution is 1.48. The Labute approximate surface area is 77.9 Å². The molecule has 0 unspecified atom stereocenters. The van der Waals surface area contributed by atoms with Gasteiger partial charge in [0.15, 0.2) is 0 Å². The smallest absolute Gasteiger partial charge is 0.0669 e. The average Bonchev–Trinajstić information content (AvgIpc) is 1.33. The molecule has 0 nitrogen and oxygen atoms in total. The van der Waals surface area contributed by atoms with E-state index in [2.05, 4.69) is 63.7 Å². The lowest BCUT2D eigenvalue weighted by atomic mass is 11.0. The molecule has 0 aromatic carbocycles. The van der Waals surface area contributed by atoms with Gasteiger partial charge in [-0.05, 0) is 6.92 Å². The summed E-state index contributed by atoms with van der Waals surface area (Å²) >= 11 is 12.5. The molecule has 0 radical (unpaired) electrons. The van der Waals surface area contributed by atoms with Gasteiger partial charge in [0.1, 0.15) is 0 Å². The Kier molecular flexibility index (Phi) is 18.1. The summed E-state index contributed by atoms with van der Waals surface area (Å²) in [5.41, 5.74) is 0. The summed E-state index contributed by atoms with van der Waals surface area (Å²) in [6, 6.07) is 0. The van der Waals surface area contributed by atoms with Crippen molar-refractivity contribution in [1.29, 1.82) is 0 Å². The molecule has 0 aliphatic carbocycles. The highest BCUT2D eigenvalue weighted by atomic mass is 79.9. The minimum absolute atomic E-state index is 0.458. The molecule has 0 rings (SSSR count). The van der Waals surface area contributed by atoms with Gasteiger partial charge in [0.25, 0.3) is 0 Å². The summed E-state index contributed by atoms with van der Waals surface area (Å²) in [7, 11) is 0. The molecule has 4 heteroatoms. The van der Waals surface area contributed by atoms with Crippen LogP contribution in [0.5, 0.6) is 0 Å². The summed E-state index contributed by atoms with van der Waals surface area (Å²) < 4.78 is 1.33. The van der Waals surface area contributed by atoms with Crippen molar-refractivity contribution in [3.8, 4) is 0 Å². The van der Waals surface area contributed by atoms with E-state index >= 15 is 0 Å². The van der Waals surface area contributed by atoms with Crippen LogP contribution in [-0.4, -0.2) is 7.98 Å². The van der Waals surface area contributed by atoms with E-state index < -0.39 is 0 Å². The fraction of sp³-hybridized carbons (Fsp3) is 1.00. The van der Waals surface area contributed by atoms with Crippen LogP contribution in [0.3, 0.4) is 0 Å². The van der Waals surface area contributed by atoms with Crippen LogP contribution in [0.1, 0.15) is 6.92 Å². The Hall–Kier alpha value is 1.92. The maximum atomic E-state index is 3.19. The molecule has 0 saturated carbocycles. The summed E-state index contributed by atoms with van der Waals surface area (Å²) in [5, 5.41) is 0. The Morgan fingerprint density at radius 3 is 1.29 bits per heavy atom. The zero-order valence-corrected chi connectivity index (χ0v) is 10.1. The first-order valence-electron chi connectivity index (χ1n) is 1.55. The molecule has 0 aromatic heterocycles. The zero-order chi connectivity index (χ0) is 6.28. The van der Waals surface area contributed by atoms with Gasteiger partial charge >= 0.3 is 0 Å². The van der Waals surface area contributed by atoms with Crippen LogP contribution in [0.2, 0.25) is 0 Å². The summed E-state index contributed by atoms with van der Waals surface area (Å²) in [6.45, 7) is 2.00. The first-order valence-corrected chi connectivity index (χ1v) is 5.62. The van der Waals surface area contributed by atoms with Gasteiger partial charge in [0, 0.05) is 0 Å². The highest BCUT2D eigenvalue weighted by molar-refractivity contribution is 9.24. The maximum Gasteiger partial charge on any atom is 0.0669 e. The fourth-order valence-electron chi connectivity index (χ4n) is 0. The van der Waals surface area contributed by atoms with E-state index in [1.165, 1.54) is 0 Å². The summed E-state index contributed by atoms with van der Waals surface area (Å²) in [6.07, 6.45) is 0. The first kappa shape index (κ1) is 11.7. The predicted octanol–water partition coefficient (Wildman–Crippen LogP) is 3.86. The van der Waals surface area contributed by atoms with E-state index in [9.17, 15) is 0 Å². The molecule has 7 heavy (non-hydrogen) atoms. The van der Waals surface area contributed by atoms with Crippen molar-refractivity contribution in [2.75, 3.05) is 4.24 Å². The van der Waals surface area contributed by atoms with Crippen molar-refractivity contribution in [1.82, 2.24) is 0 Å². The highest BCUT2D eigenvalue weighted by Crippen LogP contribution is 2.03. The second-order valence-corrected chi connectivity index (χ2v) is 7.22. The predicted molar refractivity (Wildman–Crippen MR) is 50.0 cm³/mol. The molecular formula is C3H6Br4. The standard InChI is InChI=1S/C2H4Br2.CH2Br2/c1-2(3)4;2-1-3/h2H,1H3;1H2. The summed E-state index contributed by atoms with van der Waals surface area (Å²) in [4.78, 5) is 0. The third-order valence-corrected chi connectivity index (χ3v) is 0. The Balaban J connectivity index is 0. The minimum atomic E-state index is 0.458. The molecule has 0 N–H and O–H groups in total. The Bertz CT molecular complexity index is 18.1. The van der Waals surface area contributed by atoms with E-state index in [-0.39, 0.29) is 0 Å². The molecule has 0 fully saturated rings. The van der Waals surface area contributed by atoms with Crippen LogP contribution in [0.4, 0.5) is 0 Å². The first-order chi connectivity index (χ1) is 3.15. The van der Waals surface area contributed by atoms with Crippen LogP contribution in [-0.2, 0) is 0 Å². The van der Waals surface area contributed by atoms with Gasteiger partial charge in [-0.3, -0.25) is 0 Å². The quantitative estimate of drug-likeness (QED) is 0.575. The second-order valence-electron chi connectivity index (χ2n) is 0.620. The van der Waals surface area contributed by atoms with Crippen LogP contribution in [0, 0.1) is 0 Å². The third-order valence-electron chi connectivity index (χ3n) is 0. The van der Waals surface area contributed by atoms with E-state index in [0.29, 0.717) is 3.74 Å². The van der Waals surface area contributed by atoms with Gasteiger partial charge in [-0.1, -0.05) is 63.7 Å². The average molecular weight is 362 g/mol. The number of alkyl halides is 4. The number of rotatable bonds is 0. The van der Waals surface area contributed by atoms with Gasteiger partial charge in [-0.2, -0.15) is 0 Å². The van der Waals surface area contributed by atoms with Crippen molar-refractivity contribution < 1.29 is 0 Å². The number of hydrogen-bond acceptors (Lipinski definition) is 0. The molecular weight excluding hydrogens is 356 g/mol. The van der Waals surface area contributed by atoms with Gasteiger partial charge in [0.2, 0.25) is 0 Å². The highest BCUT2D eigenvalue weighted by Gasteiger charge is 1.74. The molecule has 0 spiro atoms. The van der Waals surface area contributed by atoms with Gasteiger partial charge < -0.3 is 0 Å². The molecule has 0 saturated heterocycles. The monoisotopic (exact) mass is 358 g/mol. The van der Waals surface area contributed by atoms with E-state index in [1.807, 2.05) is 6.92 Å². The van der Waals surface area contributed by atoms with Crippen molar-refractivity contribution in [2.24, 2.45) is 0 Å². The van der Waals surface area contributed by atoms with Crippen molar-refractivity contribution in [2.45, 2.75) is 10.7 Å². The van der Waals surface area contributed by atoms with E-state index in [4.69, 9.17) is 0 Å². The molecule has 0 amide bonds. The molecule has 0 aliphatic heterocycles. The Morgan fingerprint density at radius 1 is 1.29 bits per heavy atom. The van der Waals surface area contributed by atoms with Crippen molar-refractivity contribution in [3.63, 3.8) is 0 Å². The van der Waals surface area contributed by atoms with Crippen LogP contribution in [0.15, 0.2) is 0 Å². The largest absolute Gasteiger partial charge is 0.0802 e. The van der Waals surface area contributed by atoms with Gasteiger partial charge in [-0.25, -0.2) is 0 Å². The number of hydrogen-bond donors (Lipinski definition) is 0. The fourth-order valence-corrected chi connectivity index (χ4v) is 0. The third kappa shape index (κ3) is 75.3. The zero-order valence-electron chi connectivity index (χ0n) is 3.80. The maximum absolute atomic E-state index is 3.19. The normalized spacial score (nSPS) is 7.71. The van der Waals surface area contributed by atoms with Crippen LogP contribution < -0.4 is 0 Å². The molecule has 0 atom stereocenters. The van der Waals surface area contributed by atoms with Gasteiger partial charge in [0.05, 0.1) is 7.98 Å². The van der Waals surface area contributed by atoms with Crippen molar-refractivity contribution in [3.05, 3.63) is 0 Å². The SMILES string of the molecule is BrCBr.CC(Br)Br. The van der Waals surface area contributed by atoms with Gasteiger partial charge in [-0.15, -0.1) is 0 Å². The molecule has 0 aromatic rings. The lowest BCUT2D eigenvalue weighted by Crippen LogP contribution is -1.60.